The molecular weight excluding hydrogens is 476 g/mol. The smallest absolute Gasteiger partial charge is 0.410 e. The van der Waals surface area contributed by atoms with Crippen LogP contribution in [0.3, 0.4) is 0 Å². The van der Waals surface area contributed by atoms with Crippen LogP contribution in [0, 0.1) is 24.5 Å². The maximum absolute atomic E-state index is 14.4. The molecule has 7 heteroatoms. The number of amides is 1. The normalized spacial score (nSPS) is 22.4. The van der Waals surface area contributed by atoms with Gasteiger partial charge in [-0.25, -0.2) is 13.6 Å². The van der Waals surface area contributed by atoms with Crippen LogP contribution in [0.1, 0.15) is 45.8 Å². The van der Waals surface area contributed by atoms with Crippen LogP contribution >= 0.6 is 0 Å². The summed E-state index contributed by atoms with van der Waals surface area (Å²) in [4.78, 5) is 28.2. The maximum Gasteiger partial charge on any atom is 0.410 e. The third kappa shape index (κ3) is 4.11. The molecule has 1 aliphatic carbocycles. The van der Waals surface area contributed by atoms with E-state index in [4.69, 9.17) is 9.47 Å². The summed E-state index contributed by atoms with van der Waals surface area (Å²) in [6.07, 6.45) is 0.264. The molecule has 0 saturated carbocycles. The second kappa shape index (κ2) is 9.38. The fourth-order valence-electron chi connectivity index (χ4n) is 6.16. The Labute approximate surface area is 214 Å². The van der Waals surface area contributed by atoms with Crippen LogP contribution in [-0.4, -0.2) is 48.7 Å². The van der Waals surface area contributed by atoms with E-state index >= 15 is 0 Å². The molecule has 1 amide bonds. The molecule has 3 aromatic carbocycles. The number of morpholine rings is 1. The zero-order chi connectivity index (χ0) is 25.7. The van der Waals surface area contributed by atoms with Crippen LogP contribution in [0.25, 0.3) is 11.1 Å². The molecule has 0 aromatic heterocycles. The van der Waals surface area contributed by atoms with E-state index in [1.54, 1.807) is 4.90 Å². The molecule has 2 atom stereocenters. The van der Waals surface area contributed by atoms with Crippen LogP contribution < -0.4 is 0 Å². The van der Waals surface area contributed by atoms with Gasteiger partial charge in [-0.15, -0.1) is 0 Å². The Balaban J connectivity index is 1.17. The van der Waals surface area contributed by atoms with E-state index in [9.17, 15) is 18.4 Å². The topological polar surface area (TPSA) is 55.8 Å². The third-order valence-electron chi connectivity index (χ3n) is 7.95. The largest absolute Gasteiger partial charge is 0.448 e. The van der Waals surface area contributed by atoms with Gasteiger partial charge in [-0.3, -0.25) is 9.69 Å². The van der Waals surface area contributed by atoms with Crippen molar-refractivity contribution in [2.75, 3.05) is 19.8 Å². The van der Waals surface area contributed by atoms with Crippen molar-refractivity contribution in [3.8, 4) is 11.1 Å². The van der Waals surface area contributed by atoms with Crippen molar-refractivity contribution < 1.29 is 27.8 Å². The maximum atomic E-state index is 14.4. The zero-order valence-electron chi connectivity index (χ0n) is 20.5. The van der Waals surface area contributed by atoms with E-state index in [0.717, 1.165) is 28.3 Å². The Morgan fingerprint density at radius 3 is 2.14 bits per heavy atom. The van der Waals surface area contributed by atoms with E-state index in [1.807, 2.05) is 24.3 Å². The van der Waals surface area contributed by atoms with E-state index < -0.39 is 23.6 Å². The van der Waals surface area contributed by atoms with E-state index in [1.165, 1.54) is 13.0 Å². The van der Waals surface area contributed by atoms with Crippen LogP contribution in [0.4, 0.5) is 13.6 Å². The summed E-state index contributed by atoms with van der Waals surface area (Å²) in [7, 11) is 0. The molecule has 2 fully saturated rings. The monoisotopic (exact) mass is 503 g/mol. The van der Waals surface area contributed by atoms with Gasteiger partial charge in [-0.1, -0.05) is 48.5 Å². The highest BCUT2D eigenvalue weighted by molar-refractivity contribution is 5.98. The molecule has 2 bridgehead atoms. The first-order chi connectivity index (χ1) is 17.9. The molecule has 0 radical (unpaired) electrons. The van der Waals surface area contributed by atoms with Crippen LogP contribution in [0.5, 0.6) is 0 Å². The number of carbonyl (C=O) groups excluding carboxylic acids is 2. The predicted molar refractivity (Wildman–Crippen MR) is 133 cm³/mol. The van der Waals surface area contributed by atoms with Gasteiger partial charge in [0.15, 0.2) is 5.78 Å². The second-order valence-corrected chi connectivity index (χ2v) is 10.2. The molecule has 2 heterocycles. The number of Topliss-reactive ketones (excluding diaryl/α,β-unsaturated/α-hetero) is 1. The Morgan fingerprint density at radius 1 is 0.919 bits per heavy atom. The minimum Gasteiger partial charge on any atom is -0.448 e. The predicted octanol–water partition coefficient (Wildman–Crippen LogP) is 5.88. The van der Waals surface area contributed by atoms with Crippen molar-refractivity contribution in [2.24, 2.45) is 5.92 Å². The Bertz CT molecular complexity index is 1330. The fourth-order valence-corrected chi connectivity index (χ4v) is 6.16. The number of rotatable bonds is 4. The molecule has 2 saturated heterocycles. The number of hydrogen-bond donors (Lipinski definition) is 0. The van der Waals surface area contributed by atoms with E-state index in [0.29, 0.717) is 12.8 Å². The van der Waals surface area contributed by atoms with Gasteiger partial charge >= 0.3 is 6.09 Å². The number of ether oxygens (including phenoxy) is 2. The summed E-state index contributed by atoms with van der Waals surface area (Å²) in [6, 6.07) is 17.7. The van der Waals surface area contributed by atoms with Crippen molar-refractivity contribution in [1.29, 1.82) is 0 Å². The number of carbonyl (C=O) groups is 2. The summed E-state index contributed by atoms with van der Waals surface area (Å²) in [5.41, 5.74) is 4.72. The molecule has 37 heavy (non-hydrogen) atoms. The van der Waals surface area contributed by atoms with Crippen LogP contribution in [0.15, 0.2) is 60.7 Å². The Hall–Kier alpha value is -3.58. The van der Waals surface area contributed by atoms with Gasteiger partial charge < -0.3 is 9.47 Å². The molecule has 2 unspecified atom stereocenters. The fraction of sp³-hybridized carbons (Fsp3) is 0.333. The highest BCUT2D eigenvalue weighted by Crippen LogP contribution is 2.45. The number of ketones is 1. The lowest BCUT2D eigenvalue weighted by molar-refractivity contribution is -0.0748. The molecule has 0 N–H and O–H groups in total. The van der Waals surface area contributed by atoms with Gasteiger partial charge in [0.25, 0.3) is 0 Å². The second-order valence-electron chi connectivity index (χ2n) is 10.2. The Morgan fingerprint density at radius 2 is 1.51 bits per heavy atom. The number of piperidine rings is 1. The lowest BCUT2D eigenvalue weighted by Gasteiger charge is -2.47. The quantitative estimate of drug-likeness (QED) is 0.417. The molecule has 3 aromatic rings. The van der Waals surface area contributed by atoms with E-state index in [2.05, 4.69) is 24.3 Å². The number of fused-ring (bicyclic) bond motifs is 5. The Kier molecular flexibility index (Phi) is 6.03. The lowest BCUT2D eigenvalue weighted by atomic mass is 9.80. The van der Waals surface area contributed by atoms with Crippen LogP contribution in [-0.2, 0) is 9.47 Å². The number of hydrogen-bond acceptors (Lipinski definition) is 4. The van der Waals surface area contributed by atoms with Crippen molar-refractivity contribution in [3.05, 3.63) is 94.6 Å². The van der Waals surface area contributed by atoms with Gasteiger partial charge in [-0.2, -0.15) is 0 Å². The standard InChI is InChI=1S/C30H27F2NO4/c1-17-10-25(28(32)13-27(17)31)29(34)18-11-19-14-36-15-20(12-18)33(19)30(35)37-16-26-23-8-4-2-6-21(23)22-7-3-5-9-24(22)26/h2-10,13,18-20,26H,11-12,14-16H2,1H3. The average molecular weight is 504 g/mol. The molecule has 3 aliphatic rings. The first-order valence-electron chi connectivity index (χ1n) is 12.6. The van der Waals surface area contributed by atoms with Crippen molar-refractivity contribution in [3.63, 3.8) is 0 Å². The summed E-state index contributed by atoms with van der Waals surface area (Å²) in [5.74, 6) is -2.41. The minimum absolute atomic E-state index is 0.0451. The summed E-state index contributed by atoms with van der Waals surface area (Å²) < 4.78 is 39.7. The summed E-state index contributed by atoms with van der Waals surface area (Å²) in [5, 5.41) is 0. The first-order valence-corrected chi connectivity index (χ1v) is 12.6. The lowest BCUT2D eigenvalue weighted by Crippen LogP contribution is -2.60. The van der Waals surface area contributed by atoms with Gasteiger partial charge in [0.05, 0.1) is 30.9 Å². The SMILES string of the molecule is Cc1cc(C(=O)C2CC3COCC(C2)N3C(=O)OCC2c3ccccc3-c3ccccc32)c(F)cc1F. The average Bonchev–Trinajstić information content (AvgIpc) is 3.22. The number of aryl methyl sites for hydroxylation is 1. The number of benzene rings is 3. The molecule has 6 rings (SSSR count). The van der Waals surface area contributed by atoms with E-state index in [-0.39, 0.29) is 54.7 Å². The summed E-state index contributed by atoms with van der Waals surface area (Å²) >= 11 is 0. The molecule has 190 valence electrons. The highest BCUT2D eigenvalue weighted by atomic mass is 19.1. The van der Waals surface area contributed by atoms with Gasteiger partial charge in [-0.05, 0) is 53.6 Å². The molecule has 0 spiro atoms. The van der Waals surface area contributed by atoms with Gasteiger partial charge in [0, 0.05) is 17.9 Å². The molecule has 5 nitrogen and oxygen atoms in total. The van der Waals surface area contributed by atoms with Crippen molar-refractivity contribution in [2.45, 2.75) is 37.8 Å². The number of halogens is 2. The van der Waals surface area contributed by atoms with Crippen molar-refractivity contribution in [1.82, 2.24) is 4.90 Å². The zero-order valence-corrected chi connectivity index (χ0v) is 20.5. The minimum atomic E-state index is -0.853. The first kappa shape index (κ1) is 23.8. The molecular formula is C30H27F2NO4. The van der Waals surface area contributed by atoms with Crippen LogP contribution in [0.2, 0.25) is 0 Å². The van der Waals surface area contributed by atoms with Gasteiger partial charge in [0.2, 0.25) is 0 Å². The number of nitrogens with zero attached hydrogens (tertiary/aromatic N) is 1. The summed E-state index contributed by atoms with van der Waals surface area (Å²) in [6.45, 7) is 2.30. The van der Waals surface area contributed by atoms with Gasteiger partial charge in [0.1, 0.15) is 18.2 Å². The van der Waals surface area contributed by atoms with Crippen molar-refractivity contribution >= 4 is 11.9 Å². The highest BCUT2D eigenvalue weighted by Gasteiger charge is 2.45. The third-order valence-corrected chi connectivity index (χ3v) is 7.95. The molecule has 2 aliphatic heterocycles.